The number of hydrogen-bond acceptors (Lipinski definition) is 5. The van der Waals surface area contributed by atoms with E-state index in [9.17, 15) is 0 Å². The Bertz CT molecular complexity index is 3190. The maximum atomic E-state index is 6.70. The normalized spacial score (nSPS) is 11.8. The highest BCUT2D eigenvalue weighted by molar-refractivity contribution is 6.13. The zero-order valence-electron chi connectivity index (χ0n) is 28.3. The first kappa shape index (κ1) is 29.4. The summed E-state index contributed by atoms with van der Waals surface area (Å²) >= 11 is 0. The van der Waals surface area contributed by atoms with Gasteiger partial charge in [0.25, 0.3) is 0 Å². The van der Waals surface area contributed by atoms with Crippen LogP contribution in [0.5, 0.6) is 11.5 Å². The third kappa shape index (κ3) is 4.54. The Hall–Kier alpha value is -7.38. The Morgan fingerprint density at radius 3 is 1.81 bits per heavy atom. The fourth-order valence-electron chi connectivity index (χ4n) is 7.76. The minimum atomic E-state index is 0.700. The van der Waals surface area contributed by atoms with Crippen LogP contribution < -0.4 is 4.74 Å². The number of fused-ring (bicyclic) bond motifs is 12. The molecular formula is C46H28N6O. The maximum Gasteiger partial charge on any atom is 0.146 e. The van der Waals surface area contributed by atoms with Gasteiger partial charge in [0, 0.05) is 50.6 Å². The zero-order chi connectivity index (χ0) is 34.9. The van der Waals surface area contributed by atoms with Crippen LogP contribution in [-0.4, -0.2) is 28.7 Å². The molecule has 0 amide bonds. The van der Waals surface area contributed by atoms with E-state index < -0.39 is 0 Å². The second-order valence-electron chi connectivity index (χ2n) is 13.1. The summed E-state index contributed by atoms with van der Waals surface area (Å²) in [6.45, 7) is 0. The van der Waals surface area contributed by atoms with Gasteiger partial charge in [0.2, 0.25) is 0 Å². The molecule has 7 nitrogen and oxygen atoms in total. The van der Waals surface area contributed by atoms with Crippen LogP contribution in [0.3, 0.4) is 0 Å². The highest BCUT2D eigenvalue weighted by Gasteiger charge is 2.22. The lowest BCUT2D eigenvalue weighted by Crippen LogP contribution is -1.97. The van der Waals surface area contributed by atoms with Crippen LogP contribution in [0.1, 0.15) is 0 Å². The Morgan fingerprint density at radius 1 is 0.434 bits per heavy atom. The molecule has 0 aliphatic rings. The van der Waals surface area contributed by atoms with Gasteiger partial charge >= 0.3 is 0 Å². The van der Waals surface area contributed by atoms with Crippen molar-refractivity contribution in [3.05, 3.63) is 170 Å². The van der Waals surface area contributed by atoms with E-state index >= 15 is 0 Å². The molecule has 0 saturated heterocycles. The lowest BCUT2D eigenvalue weighted by molar-refractivity contribution is 0.484. The predicted molar refractivity (Wildman–Crippen MR) is 212 cm³/mol. The summed E-state index contributed by atoms with van der Waals surface area (Å²) in [6.07, 6.45) is 5.61. The van der Waals surface area contributed by atoms with E-state index in [-0.39, 0.29) is 0 Å². The first-order valence-electron chi connectivity index (χ1n) is 17.5. The molecule has 11 rings (SSSR count). The van der Waals surface area contributed by atoms with Crippen LogP contribution in [0, 0.1) is 0 Å². The van der Waals surface area contributed by atoms with Crippen LogP contribution in [0.2, 0.25) is 0 Å². The minimum absolute atomic E-state index is 0.700. The van der Waals surface area contributed by atoms with E-state index in [1.54, 1.807) is 0 Å². The summed E-state index contributed by atoms with van der Waals surface area (Å²) in [5.41, 5.74) is 10.6. The maximum absolute atomic E-state index is 6.70. The third-order valence-electron chi connectivity index (χ3n) is 10.1. The van der Waals surface area contributed by atoms with E-state index in [1.807, 2.05) is 73.2 Å². The van der Waals surface area contributed by atoms with Gasteiger partial charge in [-0.25, -0.2) is 15.0 Å². The van der Waals surface area contributed by atoms with Crippen molar-refractivity contribution in [3.63, 3.8) is 0 Å². The number of imidazole rings is 2. The van der Waals surface area contributed by atoms with Crippen molar-refractivity contribution in [2.45, 2.75) is 0 Å². The molecule has 6 heterocycles. The van der Waals surface area contributed by atoms with Gasteiger partial charge in [-0.2, -0.15) is 0 Å². The lowest BCUT2D eigenvalue weighted by atomic mass is 10.0. The van der Waals surface area contributed by atoms with Crippen molar-refractivity contribution in [3.8, 4) is 45.3 Å². The Morgan fingerprint density at radius 2 is 1.06 bits per heavy atom. The molecule has 7 heteroatoms. The van der Waals surface area contributed by atoms with Crippen molar-refractivity contribution >= 4 is 54.9 Å². The summed E-state index contributed by atoms with van der Waals surface area (Å²) in [5.74, 6) is 1.41. The van der Waals surface area contributed by atoms with E-state index in [0.29, 0.717) is 11.5 Å². The molecule has 0 aliphatic heterocycles. The minimum Gasteiger partial charge on any atom is -0.457 e. The van der Waals surface area contributed by atoms with Gasteiger partial charge in [-0.05, 0) is 66.0 Å². The predicted octanol–water partition coefficient (Wildman–Crippen LogP) is 11.2. The van der Waals surface area contributed by atoms with Gasteiger partial charge < -0.3 is 4.74 Å². The average molecular weight is 681 g/mol. The molecule has 11 aromatic rings. The van der Waals surface area contributed by atoms with Crippen molar-refractivity contribution in [2.24, 2.45) is 0 Å². The molecule has 0 atom stereocenters. The van der Waals surface area contributed by atoms with Crippen molar-refractivity contribution in [1.29, 1.82) is 0 Å². The fourth-order valence-corrected chi connectivity index (χ4v) is 7.76. The monoisotopic (exact) mass is 680 g/mol. The smallest absolute Gasteiger partial charge is 0.146 e. The number of rotatable bonds is 5. The molecule has 0 N–H and O–H groups in total. The second-order valence-corrected chi connectivity index (χ2v) is 13.1. The van der Waals surface area contributed by atoms with Crippen molar-refractivity contribution in [1.82, 2.24) is 28.7 Å². The van der Waals surface area contributed by atoms with Gasteiger partial charge in [0.15, 0.2) is 0 Å². The second kappa shape index (κ2) is 11.6. The molecule has 248 valence electrons. The summed E-state index contributed by atoms with van der Waals surface area (Å²) in [5, 5.41) is 5.06. The van der Waals surface area contributed by atoms with Crippen LogP contribution >= 0.6 is 0 Å². The molecule has 0 radical (unpaired) electrons. The summed E-state index contributed by atoms with van der Waals surface area (Å²) in [6, 6.07) is 51.7. The average Bonchev–Trinajstić information content (AvgIpc) is 3.86. The Kier molecular flexibility index (Phi) is 6.42. The van der Waals surface area contributed by atoms with Gasteiger partial charge in [0.05, 0.1) is 34.3 Å². The number of nitrogens with zero attached hydrogens (tertiary/aromatic N) is 6. The van der Waals surface area contributed by atoms with E-state index in [1.165, 1.54) is 0 Å². The Labute approximate surface area is 303 Å². The molecule has 0 fully saturated rings. The third-order valence-corrected chi connectivity index (χ3v) is 10.1. The molecule has 0 spiro atoms. The number of pyridine rings is 4. The topological polar surface area (TPSA) is 69.6 Å². The number of hydrogen-bond donors (Lipinski definition) is 0. The fraction of sp³-hybridized carbons (Fsp3) is 0. The van der Waals surface area contributed by atoms with Crippen LogP contribution in [0.25, 0.3) is 88.7 Å². The van der Waals surface area contributed by atoms with E-state index in [4.69, 9.17) is 24.7 Å². The Balaban J connectivity index is 1.12. The number of aromatic nitrogens is 6. The molecule has 53 heavy (non-hydrogen) atoms. The summed E-state index contributed by atoms with van der Waals surface area (Å²) in [7, 11) is 0. The van der Waals surface area contributed by atoms with Crippen LogP contribution in [0.4, 0.5) is 0 Å². The van der Waals surface area contributed by atoms with E-state index in [0.717, 1.165) is 88.7 Å². The summed E-state index contributed by atoms with van der Waals surface area (Å²) < 4.78 is 11.1. The van der Waals surface area contributed by atoms with Gasteiger partial charge in [-0.15, -0.1) is 0 Å². The number of ether oxygens (including phenoxy) is 1. The van der Waals surface area contributed by atoms with Crippen LogP contribution in [-0.2, 0) is 0 Å². The standard InChI is InChI=1S/C46H28N6O/c1-4-12-29(13-5-1)40-28-49-45-37-26-32(20-22-34(37)36-18-10-25-48-44(36)52(40)45)53-33-21-23-35-38(27-33)46-50-41(30-14-6-2-7-15-30)43(31-16-8-3-9-17-31)51(46)39-19-11-24-47-42(35)39/h1-28H. The molecule has 0 aliphatic carbocycles. The van der Waals surface area contributed by atoms with Crippen molar-refractivity contribution in [2.75, 3.05) is 0 Å². The van der Waals surface area contributed by atoms with Gasteiger partial charge in [-0.3, -0.25) is 13.8 Å². The molecule has 0 bridgehead atoms. The SMILES string of the molecule is c1ccc(-c2nc3c4cc(Oc5ccc6c7cccnc7n7c(-c8ccccc8)cnc7c6c5)ccc4c4ncccc4n3c2-c2ccccc2)cc1. The zero-order valence-corrected chi connectivity index (χ0v) is 28.3. The highest BCUT2D eigenvalue weighted by atomic mass is 16.5. The summed E-state index contributed by atoms with van der Waals surface area (Å²) in [4.78, 5) is 20.0. The van der Waals surface area contributed by atoms with E-state index in [2.05, 4.69) is 106 Å². The lowest BCUT2D eigenvalue weighted by Gasteiger charge is -2.13. The molecule has 6 aromatic heterocycles. The van der Waals surface area contributed by atoms with Gasteiger partial charge in [-0.1, -0.05) is 91.0 Å². The number of benzene rings is 5. The molecular weight excluding hydrogens is 653 g/mol. The van der Waals surface area contributed by atoms with Gasteiger partial charge in [0.1, 0.15) is 28.4 Å². The largest absolute Gasteiger partial charge is 0.457 e. The quantitative estimate of drug-likeness (QED) is 0.169. The van der Waals surface area contributed by atoms with Crippen LogP contribution in [0.15, 0.2) is 170 Å². The highest BCUT2D eigenvalue weighted by Crippen LogP contribution is 2.40. The first-order chi connectivity index (χ1) is 26.3. The first-order valence-corrected chi connectivity index (χ1v) is 17.5. The molecule has 5 aromatic carbocycles. The molecule has 0 unspecified atom stereocenters. The van der Waals surface area contributed by atoms with Crippen molar-refractivity contribution < 1.29 is 4.74 Å². The molecule has 0 saturated carbocycles.